The molecule has 0 saturated heterocycles. The molecule has 0 aliphatic heterocycles. The molecular weight excluding hydrogens is 1090 g/mol. The summed E-state index contributed by atoms with van der Waals surface area (Å²) in [7, 11) is -2.46. The Labute approximate surface area is 553 Å². The van der Waals surface area contributed by atoms with Gasteiger partial charge in [-0.25, -0.2) is 0 Å². The molecule has 2 fully saturated rings. The summed E-state index contributed by atoms with van der Waals surface area (Å²) in [5.41, 5.74) is 0. The summed E-state index contributed by atoms with van der Waals surface area (Å²) in [6.07, 6.45) is 94.1. The van der Waals surface area contributed by atoms with E-state index in [1.807, 2.05) is 0 Å². The van der Waals surface area contributed by atoms with Crippen LogP contribution in [0.15, 0.2) is 0 Å². The zero-order valence-electron chi connectivity index (χ0n) is 59.5. The molecule has 0 bridgehead atoms. The average molecular weight is 1240 g/mol. The molecule has 0 heterocycles. The molecule has 0 N–H and O–H groups in total. The van der Waals surface area contributed by atoms with Crippen molar-refractivity contribution in [2.24, 2.45) is 11.8 Å². The molecule has 0 radical (unpaired) electrons. The predicted molar refractivity (Wildman–Crippen MR) is 391 cm³/mol. The molecule has 4 heteroatoms. The summed E-state index contributed by atoms with van der Waals surface area (Å²) < 4.78 is 26.1. The van der Waals surface area contributed by atoms with Crippen molar-refractivity contribution in [3.63, 3.8) is 0 Å². The van der Waals surface area contributed by atoms with Crippen molar-refractivity contribution < 1.29 is 13.6 Å². The highest BCUT2D eigenvalue weighted by molar-refractivity contribution is 7.33. The van der Waals surface area contributed by atoms with Crippen molar-refractivity contribution in [3.8, 4) is 47.4 Å². The lowest BCUT2D eigenvalue weighted by atomic mass is 9.79. The lowest BCUT2D eigenvalue weighted by molar-refractivity contribution is 0.0287. The number of unbranched alkanes of at least 4 members (excludes halogenated alkanes) is 58. The molecule has 2 unspecified atom stereocenters. The van der Waals surface area contributed by atoms with E-state index in [0.29, 0.717) is 11.8 Å². The molecule has 0 spiro atoms. The van der Waals surface area contributed by atoms with Gasteiger partial charge in [-0.3, -0.25) is 4.57 Å². The third-order valence-electron chi connectivity index (χ3n) is 20.2. The monoisotopic (exact) mass is 1240 g/mol. The lowest BCUT2D eigenvalue weighted by Gasteiger charge is -2.36. The smallest absolute Gasteiger partial charge is 0.307 e. The van der Waals surface area contributed by atoms with Crippen molar-refractivity contribution in [1.29, 1.82) is 0 Å². The Bertz CT molecular complexity index is 1590. The first-order valence-corrected chi connectivity index (χ1v) is 41.8. The molecule has 3 nitrogen and oxygen atoms in total. The van der Waals surface area contributed by atoms with E-state index in [4.69, 9.17) is 9.05 Å². The van der Waals surface area contributed by atoms with Crippen LogP contribution in [0.2, 0.25) is 0 Å². The van der Waals surface area contributed by atoms with E-state index in [2.05, 4.69) is 61.2 Å². The topological polar surface area (TPSA) is 35.5 Å². The molecule has 2 aliphatic carbocycles. The number of hydrogen-bond donors (Lipinski definition) is 0. The number of rotatable bonds is 68. The highest BCUT2D eigenvalue weighted by Crippen LogP contribution is 2.43. The Morgan fingerprint density at radius 1 is 0.261 bits per heavy atom. The predicted octanol–water partition coefficient (Wildman–Crippen LogP) is 28.8. The normalized spacial score (nSPS) is 14.2. The zero-order chi connectivity index (χ0) is 62.5. The van der Waals surface area contributed by atoms with E-state index in [1.54, 1.807) is 0 Å². The van der Waals surface area contributed by atoms with Crippen molar-refractivity contribution in [3.05, 3.63) is 0 Å². The van der Waals surface area contributed by atoms with Gasteiger partial charge < -0.3 is 9.05 Å². The molecule has 0 aromatic carbocycles. The standard InChI is InChI=1S/C84H151O3P/c1-3-5-7-9-11-13-15-17-19-21-23-25-27-29-31-33-35-37-39-41-43-45-47-49-51-53-55-57-59-61-63-65-67-69-71-79-83(81-75-73-76-81)86-88(85)87-84(82-77-74-78-82)80-72-70-68-66-64-62-60-58-56-54-52-50-48-46-44-42-40-38-36-34-32-30-28-26-24-22-20-18-16-14-12-10-8-6-4-2/h81-84,88H,3-38,47-80H2,1-2H3. The lowest BCUT2D eigenvalue weighted by Crippen LogP contribution is -2.30. The van der Waals surface area contributed by atoms with Crippen LogP contribution in [-0.2, 0) is 13.6 Å². The van der Waals surface area contributed by atoms with Gasteiger partial charge in [0.2, 0.25) is 0 Å². The van der Waals surface area contributed by atoms with Crippen LogP contribution in [-0.4, -0.2) is 12.2 Å². The molecule has 2 atom stereocenters. The minimum absolute atomic E-state index is 0.138. The maximum absolute atomic E-state index is 13.4. The van der Waals surface area contributed by atoms with Gasteiger partial charge in [-0.2, -0.15) is 0 Å². The van der Waals surface area contributed by atoms with Gasteiger partial charge in [0.25, 0.3) is 0 Å². The van der Waals surface area contributed by atoms with Crippen molar-refractivity contribution in [2.75, 3.05) is 0 Å². The first-order valence-electron chi connectivity index (χ1n) is 40.5. The van der Waals surface area contributed by atoms with Gasteiger partial charge in [0.15, 0.2) is 0 Å². The summed E-state index contributed by atoms with van der Waals surface area (Å²) >= 11 is 0. The van der Waals surface area contributed by atoms with Gasteiger partial charge in [-0.15, -0.1) is 0 Å². The van der Waals surface area contributed by atoms with Crippen LogP contribution in [0.25, 0.3) is 0 Å². The third kappa shape index (κ3) is 58.2. The Morgan fingerprint density at radius 3 is 0.602 bits per heavy atom. The average Bonchev–Trinajstić information content (AvgIpc) is 3.61. The van der Waals surface area contributed by atoms with Crippen LogP contribution in [0.4, 0.5) is 0 Å². The van der Waals surface area contributed by atoms with Gasteiger partial charge in [-0.05, 0) is 99.7 Å². The Morgan fingerprint density at radius 2 is 0.432 bits per heavy atom. The van der Waals surface area contributed by atoms with Crippen molar-refractivity contribution >= 4 is 8.25 Å². The maximum Gasteiger partial charge on any atom is 0.319 e. The second-order valence-corrected chi connectivity index (χ2v) is 29.5. The fourth-order valence-electron chi connectivity index (χ4n) is 13.6. The molecule has 2 rings (SSSR count). The van der Waals surface area contributed by atoms with Crippen LogP contribution >= 0.6 is 8.25 Å². The molecule has 0 aromatic rings. The molecule has 2 aliphatic rings. The van der Waals surface area contributed by atoms with Gasteiger partial charge in [0, 0.05) is 25.7 Å². The van der Waals surface area contributed by atoms with Crippen molar-refractivity contribution in [1.82, 2.24) is 0 Å². The van der Waals surface area contributed by atoms with Gasteiger partial charge >= 0.3 is 8.25 Å². The van der Waals surface area contributed by atoms with E-state index in [1.165, 1.54) is 411 Å². The second kappa shape index (κ2) is 69.7. The van der Waals surface area contributed by atoms with E-state index >= 15 is 0 Å². The summed E-state index contributed by atoms with van der Waals surface area (Å²) in [6.45, 7) is 4.61. The van der Waals surface area contributed by atoms with Crippen molar-refractivity contribution in [2.45, 2.75) is 476 Å². The number of hydrogen-bond acceptors (Lipinski definition) is 3. The van der Waals surface area contributed by atoms with Crippen LogP contribution in [0.5, 0.6) is 0 Å². The summed E-state index contributed by atoms with van der Waals surface area (Å²) in [4.78, 5) is 0. The molecule has 0 amide bonds. The fraction of sp³-hybridized carbons (Fsp3) is 0.905. The molecule has 88 heavy (non-hydrogen) atoms. The quantitative estimate of drug-likeness (QED) is 0.0346. The third-order valence-corrected chi connectivity index (χ3v) is 21.2. The highest BCUT2D eigenvalue weighted by Gasteiger charge is 2.32. The summed E-state index contributed by atoms with van der Waals surface area (Å²) in [5.74, 6) is 26.8. The highest BCUT2D eigenvalue weighted by atomic mass is 31.1. The van der Waals surface area contributed by atoms with Gasteiger partial charge in [0.1, 0.15) is 0 Å². The van der Waals surface area contributed by atoms with Gasteiger partial charge in [0.05, 0.1) is 12.2 Å². The molecule has 0 aromatic heterocycles. The summed E-state index contributed by atoms with van der Waals surface area (Å²) in [5, 5.41) is 0. The summed E-state index contributed by atoms with van der Waals surface area (Å²) in [6, 6.07) is 0. The second-order valence-electron chi connectivity index (χ2n) is 28.5. The van der Waals surface area contributed by atoms with E-state index in [9.17, 15) is 4.57 Å². The first-order chi connectivity index (χ1) is 43.7. The van der Waals surface area contributed by atoms with E-state index in [-0.39, 0.29) is 12.2 Å². The van der Waals surface area contributed by atoms with E-state index in [0.717, 1.165) is 38.5 Å². The Hall–Kier alpha value is -1.61. The fourth-order valence-corrected chi connectivity index (χ4v) is 14.8. The zero-order valence-corrected chi connectivity index (χ0v) is 60.5. The SMILES string of the molecule is CCCCCCCCCCCCCCCCCCCC#CC#CCCCCCCCCCCCCCCC(O[PH](=O)OC(CCCCCCCCCCCCCCC#CC#CCCCCCCCCCCCCCCCCCCC)C1CCC1)C1CCC1. The minimum atomic E-state index is -2.46. The van der Waals surface area contributed by atoms with E-state index < -0.39 is 8.25 Å². The molecular formula is C84H151O3P. The Balaban J connectivity index is 1.32. The first kappa shape index (κ1) is 82.5. The van der Waals surface area contributed by atoms with Crippen LogP contribution in [0, 0.1) is 59.2 Å². The van der Waals surface area contributed by atoms with Gasteiger partial charge in [-0.1, -0.05) is 397 Å². The largest absolute Gasteiger partial charge is 0.319 e. The maximum atomic E-state index is 13.4. The minimum Gasteiger partial charge on any atom is -0.307 e. The Kier molecular flexibility index (Phi) is 65.4. The van der Waals surface area contributed by atoms with Crippen LogP contribution in [0.1, 0.15) is 463 Å². The molecule has 510 valence electrons. The molecule has 2 saturated carbocycles. The van der Waals surface area contributed by atoms with Crippen LogP contribution in [0.3, 0.4) is 0 Å². The van der Waals surface area contributed by atoms with Crippen LogP contribution < -0.4 is 0 Å².